The van der Waals surface area contributed by atoms with E-state index in [1.165, 1.54) is 41.3 Å². The molecule has 0 aliphatic heterocycles. The Balaban J connectivity index is 2.04. The summed E-state index contributed by atoms with van der Waals surface area (Å²) in [6.07, 6.45) is 0. The van der Waals surface area contributed by atoms with Gasteiger partial charge < -0.3 is 14.7 Å². The van der Waals surface area contributed by atoms with E-state index in [9.17, 15) is 14.0 Å². The highest BCUT2D eigenvalue weighted by atomic mass is 19.1. The van der Waals surface area contributed by atoms with Gasteiger partial charge in [-0.25, -0.2) is 9.18 Å². The first-order valence-corrected chi connectivity index (χ1v) is 7.71. The lowest BCUT2D eigenvalue weighted by atomic mass is 10.1. The van der Waals surface area contributed by atoms with Crippen LogP contribution >= 0.6 is 0 Å². The standard InChI is InChI=1S/C19H20FNO4/c1-19(2,25-16-10-8-15(20)9-11-16)18(24)21(3)12-13-4-6-14(7-5-13)17(22)23/h4-11H,12H2,1-3H3,(H,22,23). The van der Waals surface area contributed by atoms with Crippen LogP contribution in [0.15, 0.2) is 48.5 Å². The number of amides is 1. The van der Waals surface area contributed by atoms with Crippen molar-refractivity contribution >= 4 is 11.9 Å². The molecule has 0 atom stereocenters. The number of ether oxygens (including phenoxy) is 1. The number of carbonyl (C=O) groups is 2. The minimum absolute atomic E-state index is 0.192. The Morgan fingerprint density at radius 2 is 1.64 bits per heavy atom. The van der Waals surface area contributed by atoms with Crippen LogP contribution in [0.5, 0.6) is 5.75 Å². The van der Waals surface area contributed by atoms with E-state index in [4.69, 9.17) is 9.84 Å². The van der Waals surface area contributed by atoms with Gasteiger partial charge in [-0.1, -0.05) is 12.1 Å². The van der Waals surface area contributed by atoms with Crippen LogP contribution in [0.25, 0.3) is 0 Å². The topological polar surface area (TPSA) is 66.8 Å². The normalized spacial score (nSPS) is 11.0. The van der Waals surface area contributed by atoms with Crippen molar-refractivity contribution in [3.8, 4) is 5.75 Å². The maximum Gasteiger partial charge on any atom is 0.335 e. The lowest BCUT2D eigenvalue weighted by Crippen LogP contribution is -2.47. The summed E-state index contributed by atoms with van der Waals surface area (Å²) in [5.74, 6) is -1.22. The van der Waals surface area contributed by atoms with E-state index in [2.05, 4.69) is 0 Å². The van der Waals surface area contributed by atoms with Crippen LogP contribution in [0.4, 0.5) is 4.39 Å². The van der Waals surface area contributed by atoms with Gasteiger partial charge in [0.25, 0.3) is 5.91 Å². The summed E-state index contributed by atoms with van der Waals surface area (Å²) in [6.45, 7) is 3.60. The van der Waals surface area contributed by atoms with Crippen molar-refractivity contribution in [2.75, 3.05) is 7.05 Å². The molecule has 5 nitrogen and oxygen atoms in total. The van der Waals surface area contributed by atoms with Crippen LogP contribution in [0.2, 0.25) is 0 Å². The van der Waals surface area contributed by atoms with Gasteiger partial charge in [0.15, 0.2) is 5.60 Å². The number of likely N-dealkylation sites (N-methyl/N-ethyl adjacent to an activating group) is 1. The quantitative estimate of drug-likeness (QED) is 0.872. The minimum atomic E-state index is -1.13. The first kappa shape index (κ1) is 18.4. The van der Waals surface area contributed by atoms with Crippen LogP contribution in [0.1, 0.15) is 29.8 Å². The summed E-state index contributed by atoms with van der Waals surface area (Å²) in [6, 6.07) is 11.8. The molecule has 2 rings (SSSR count). The molecular formula is C19H20FNO4. The van der Waals surface area contributed by atoms with E-state index < -0.39 is 11.6 Å². The molecule has 0 bridgehead atoms. The highest BCUT2D eigenvalue weighted by Crippen LogP contribution is 2.21. The summed E-state index contributed by atoms with van der Waals surface area (Å²) in [7, 11) is 1.64. The fraction of sp³-hybridized carbons (Fsp3) is 0.263. The van der Waals surface area contributed by atoms with Crippen LogP contribution < -0.4 is 4.74 Å². The number of hydrogen-bond donors (Lipinski definition) is 1. The summed E-state index contributed by atoms with van der Waals surface area (Å²) >= 11 is 0. The van der Waals surface area contributed by atoms with Crippen molar-refractivity contribution in [2.45, 2.75) is 26.0 Å². The smallest absolute Gasteiger partial charge is 0.335 e. The highest BCUT2D eigenvalue weighted by molar-refractivity contribution is 5.87. The molecule has 132 valence electrons. The number of carboxylic acid groups (broad SMARTS) is 1. The maximum atomic E-state index is 13.0. The zero-order chi connectivity index (χ0) is 18.6. The van der Waals surface area contributed by atoms with Crippen molar-refractivity contribution in [3.63, 3.8) is 0 Å². The Morgan fingerprint density at radius 1 is 1.08 bits per heavy atom. The second-order valence-corrected chi connectivity index (χ2v) is 6.23. The predicted molar refractivity (Wildman–Crippen MR) is 91.0 cm³/mol. The molecule has 2 aromatic rings. The van der Waals surface area contributed by atoms with E-state index in [0.717, 1.165) is 5.56 Å². The molecule has 0 aliphatic carbocycles. The maximum absolute atomic E-state index is 13.0. The zero-order valence-corrected chi connectivity index (χ0v) is 14.3. The molecule has 0 saturated heterocycles. The SMILES string of the molecule is CN(Cc1ccc(C(=O)O)cc1)C(=O)C(C)(C)Oc1ccc(F)cc1. The Kier molecular flexibility index (Phi) is 5.41. The molecule has 1 amide bonds. The lowest BCUT2D eigenvalue weighted by Gasteiger charge is -2.30. The molecule has 1 N–H and O–H groups in total. The largest absolute Gasteiger partial charge is 0.478 e. The number of benzene rings is 2. The molecular weight excluding hydrogens is 325 g/mol. The van der Waals surface area contributed by atoms with E-state index in [-0.39, 0.29) is 17.3 Å². The zero-order valence-electron chi connectivity index (χ0n) is 14.3. The number of carboxylic acids is 1. The number of hydrogen-bond acceptors (Lipinski definition) is 3. The Labute approximate surface area is 145 Å². The number of nitrogens with zero attached hydrogens (tertiary/aromatic N) is 1. The third-order valence-electron chi connectivity index (χ3n) is 3.67. The average molecular weight is 345 g/mol. The van der Waals surface area contributed by atoms with E-state index in [1.807, 2.05) is 0 Å². The molecule has 0 aromatic heterocycles. The molecule has 0 radical (unpaired) electrons. The summed E-state index contributed by atoms with van der Waals surface area (Å²) in [5.41, 5.74) is -0.135. The van der Waals surface area contributed by atoms with Crippen LogP contribution in [-0.4, -0.2) is 34.5 Å². The summed E-state index contributed by atoms with van der Waals surface area (Å²) < 4.78 is 18.7. The molecule has 0 saturated carbocycles. The van der Waals surface area contributed by atoms with Crippen LogP contribution in [-0.2, 0) is 11.3 Å². The second kappa shape index (κ2) is 7.34. The van der Waals surface area contributed by atoms with E-state index in [0.29, 0.717) is 12.3 Å². The third kappa shape index (κ3) is 4.79. The third-order valence-corrected chi connectivity index (χ3v) is 3.67. The molecule has 0 aliphatic rings. The number of carbonyl (C=O) groups excluding carboxylic acids is 1. The molecule has 0 heterocycles. The van der Waals surface area contributed by atoms with Gasteiger partial charge in [-0.15, -0.1) is 0 Å². The van der Waals surface area contributed by atoms with Crippen molar-refractivity contribution in [1.29, 1.82) is 0 Å². The molecule has 2 aromatic carbocycles. The van der Waals surface area contributed by atoms with Crippen molar-refractivity contribution < 1.29 is 23.8 Å². The van der Waals surface area contributed by atoms with Gasteiger partial charge in [0.05, 0.1) is 5.56 Å². The molecule has 0 unspecified atom stereocenters. The lowest BCUT2D eigenvalue weighted by molar-refractivity contribution is -0.144. The van der Waals surface area contributed by atoms with Gasteiger partial charge in [-0.2, -0.15) is 0 Å². The van der Waals surface area contributed by atoms with Crippen molar-refractivity contribution in [2.24, 2.45) is 0 Å². The van der Waals surface area contributed by atoms with Gasteiger partial charge >= 0.3 is 5.97 Å². The molecule has 25 heavy (non-hydrogen) atoms. The molecule has 6 heteroatoms. The molecule has 0 fully saturated rings. The van der Waals surface area contributed by atoms with E-state index >= 15 is 0 Å². The Morgan fingerprint density at radius 3 is 2.16 bits per heavy atom. The van der Waals surface area contributed by atoms with E-state index in [1.54, 1.807) is 33.0 Å². The highest BCUT2D eigenvalue weighted by Gasteiger charge is 2.32. The first-order valence-electron chi connectivity index (χ1n) is 7.71. The van der Waals surface area contributed by atoms with Gasteiger partial charge in [-0.3, -0.25) is 4.79 Å². The van der Waals surface area contributed by atoms with Crippen molar-refractivity contribution in [1.82, 2.24) is 4.90 Å². The predicted octanol–water partition coefficient (Wildman–Crippen LogP) is 3.34. The second-order valence-electron chi connectivity index (χ2n) is 6.23. The number of rotatable bonds is 6. The van der Waals surface area contributed by atoms with Gasteiger partial charge in [-0.05, 0) is 55.8 Å². The molecule has 0 spiro atoms. The fourth-order valence-corrected chi connectivity index (χ4v) is 2.40. The Hall–Kier alpha value is -2.89. The fourth-order valence-electron chi connectivity index (χ4n) is 2.40. The monoisotopic (exact) mass is 345 g/mol. The van der Waals surface area contributed by atoms with Crippen LogP contribution in [0.3, 0.4) is 0 Å². The number of aromatic carboxylic acids is 1. The van der Waals surface area contributed by atoms with Gasteiger partial charge in [0.1, 0.15) is 11.6 Å². The van der Waals surface area contributed by atoms with Crippen LogP contribution in [0, 0.1) is 5.82 Å². The summed E-state index contributed by atoms with van der Waals surface area (Å²) in [5, 5.41) is 8.91. The van der Waals surface area contributed by atoms with Gasteiger partial charge in [0.2, 0.25) is 0 Å². The average Bonchev–Trinajstić information content (AvgIpc) is 2.56. The van der Waals surface area contributed by atoms with Crippen molar-refractivity contribution in [3.05, 3.63) is 65.5 Å². The Bertz CT molecular complexity index is 754. The first-order chi connectivity index (χ1) is 11.7. The minimum Gasteiger partial charge on any atom is -0.478 e. The van der Waals surface area contributed by atoms with Gasteiger partial charge in [0, 0.05) is 13.6 Å². The summed E-state index contributed by atoms with van der Waals surface area (Å²) in [4.78, 5) is 25.0. The number of halogens is 1.